The van der Waals surface area contributed by atoms with Gasteiger partial charge in [0.05, 0.1) is 11.9 Å². The van der Waals surface area contributed by atoms with Gasteiger partial charge in [-0.1, -0.05) is 41.9 Å². The van der Waals surface area contributed by atoms with E-state index < -0.39 is 0 Å². The van der Waals surface area contributed by atoms with Crippen molar-refractivity contribution in [3.05, 3.63) is 40.5 Å². The first kappa shape index (κ1) is 11.4. The molecule has 0 bridgehead atoms. The van der Waals surface area contributed by atoms with E-state index in [0.717, 1.165) is 4.47 Å². The van der Waals surface area contributed by atoms with Gasteiger partial charge in [-0.05, 0) is 18.1 Å². The highest BCUT2D eigenvalue weighted by Crippen LogP contribution is 2.29. The van der Waals surface area contributed by atoms with Crippen molar-refractivity contribution in [2.45, 2.75) is 19.8 Å². The summed E-state index contributed by atoms with van der Waals surface area (Å²) in [5.74, 6) is 0.493. The van der Waals surface area contributed by atoms with Crippen molar-refractivity contribution in [1.29, 1.82) is 0 Å². The lowest BCUT2D eigenvalue weighted by Crippen LogP contribution is -1.96. The fourth-order valence-corrected chi connectivity index (χ4v) is 2.10. The van der Waals surface area contributed by atoms with Gasteiger partial charge in [0, 0.05) is 22.6 Å². The van der Waals surface area contributed by atoms with Crippen LogP contribution in [0.25, 0.3) is 11.3 Å². The van der Waals surface area contributed by atoms with Gasteiger partial charge in [0.25, 0.3) is 0 Å². The van der Waals surface area contributed by atoms with E-state index >= 15 is 0 Å². The van der Waals surface area contributed by atoms with Crippen LogP contribution in [0.3, 0.4) is 0 Å². The summed E-state index contributed by atoms with van der Waals surface area (Å²) in [5.41, 5.74) is 3.72. The Labute approximate surface area is 104 Å². The molecule has 0 amide bonds. The first-order valence-corrected chi connectivity index (χ1v) is 6.16. The Bertz CT molecular complexity index is 483. The second-order valence-electron chi connectivity index (χ2n) is 4.23. The molecule has 0 unspecified atom stereocenters. The second kappa shape index (κ2) is 4.42. The number of rotatable bonds is 2. The molecule has 2 nitrogen and oxygen atoms in total. The van der Waals surface area contributed by atoms with E-state index in [-0.39, 0.29) is 0 Å². The lowest BCUT2D eigenvalue weighted by molar-refractivity contribution is 0.774. The lowest BCUT2D eigenvalue weighted by atomic mass is 10.00. The average Bonchev–Trinajstić information content (AvgIpc) is 2.62. The number of halogens is 1. The van der Waals surface area contributed by atoms with Gasteiger partial charge in [0.2, 0.25) is 0 Å². The molecular formula is C13H15BrN2. The van der Waals surface area contributed by atoms with Gasteiger partial charge in [-0.3, -0.25) is 4.68 Å². The van der Waals surface area contributed by atoms with Crippen molar-refractivity contribution in [3.63, 3.8) is 0 Å². The van der Waals surface area contributed by atoms with Gasteiger partial charge >= 0.3 is 0 Å². The molecule has 0 fully saturated rings. The van der Waals surface area contributed by atoms with Crippen LogP contribution in [0, 0.1) is 0 Å². The third-order valence-corrected chi connectivity index (χ3v) is 3.24. The summed E-state index contributed by atoms with van der Waals surface area (Å²) in [4.78, 5) is 0. The van der Waals surface area contributed by atoms with Gasteiger partial charge in [-0.2, -0.15) is 5.10 Å². The van der Waals surface area contributed by atoms with E-state index in [1.54, 1.807) is 0 Å². The second-order valence-corrected chi connectivity index (χ2v) is 5.15. The fraction of sp³-hybridized carbons (Fsp3) is 0.308. The third-order valence-electron chi connectivity index (χ3n) is 2.71. The molecule has 3 heteroatoms. The molecule has 0 saturated carbocycles. The standard InChI is InChI=1S/C13H15BrN2/c1-9(2)12-8-15-16(3)13(12)10-4-6-11(14)7-5-10/h4-9H,1-3H3. The SMILES string of the molecule is CC(C)c1cnn(C)c1-c1ccc(Br)cc1. The summed E-state index contributed by atoms with van der Waals surface area (Å²) < 4.78 is 3.04. The molecule has 84 valence electrons. The van der Waals surface area contributed by atoms with Gasteiger partial charge in [-0.15, -0.1) is 0 Å². The molecule has 2 aromatic rings. The number of nitrogens with zero attached hydrogens (tertiary/aromatic N) is 2. The van der Waals surface area contributed by atoms with Crippen LogP contribution < -0.4 is 0 Å². The van der Waals surface area contributed by atoms with Crippen molar-refractivity contribution in [1.82, 2.24) is 9.78 Å². The largest absolute Gasteiger partial charge is 0.268 e. The van der Waals surface area contributed by atoms with Crippen molar-refractivity contribution in [3.8, 4) is 11.3 Å². The Morgan fingerprint density at radius 3 is 2.38 bits per heavy atom. The van der Waals surface area contributed by atoms with Gasteiger partial charge in [0.15, 0.2) is 0 Å². The number of hydrogen-bond donors (Lipinski definition) is 0. The summed E-state index contributed by atoms with van der Waals surface area (Å²) in [6.45, 7) is 4.39. The highest BCUT2D eigenvalue weighted by molar-refractivity contribution is 9.10. The smallest absolute Gasteiger partial charge is 0.0713 e. The molecule has 0 atom stereocenters. The molecule has 0 saturated heterocycles. The molecule has 1 aromatic carbocycles. The summed E-state index contributed by atoms with van der Waals surface area (Å²) in [6.07, 6.45) is 1.96. The van der Waals surface area contributed by atoms with Crippen LogP contribution in [-0.4, -0.2) is 9.78 Å². The molecule has 1 aromatic heterocycles. The zero-order chi connectivity index (χ0) is 11.7. The maximum atomic E-state index is 4.34. The van der Waals surface area contributed by atoms with Gasteiger partial charge in [0.1, 0.15) is 0 Å². The molecule has 0 aliphatic rings. The predicted molar refractivity (Wildman–Crippen MR) is 70.4 cm³/mol. The van der Waals surface area contributed by atoms with Crippen molar-refractivity contribution < 1.29 is 0 Å². The lowest BCUT2D eigenvalue weighted by Gasteiger charge is -2.09. The van der Waals surface area contributed by atoms with E-state index in [0.29, 0.717) is 5.92 Å². The minimum absolute atomic E-state index is 0.493. The number of aromatic nitrogens is 2. The van der Waals surface area contributed by atoms with Crippen LogP contribution in [0.15, 0.2) is 34.9 Å². The molecule has 0 spiro atoms. The topological polar surface area (TPSA) is 17.8 Å². The Balaban J connectivity index is 2.54. The van der Waals surface area contributed by atoms with Crippen LogP contribution in [0.5, 0.6) is 0 Å². The molecular weight excluding hydrogens is 264 g/mol. The third kappa shape index (κ3) is 2.05. The van der Waals surface area contributed by atoms with Crippen LogP contribution in [0.1, 0.15) is 25.3 Å². The van der Waals surface area contributed by atoms with E-state index in [1.807, 2.05) is 17.9 Å². The zero-order valence-electron chi connectivity index (χ0n) is 9.74. The van der Waals surface area contributed by atoms with E-state index in [9.17, 15) is 0 Å². The van der Waals surface area contributed by atoms with E-state index in [2.05, 4.69) is 59.1 Å². The predicted octanol–water partition coefficient (Wildman–Crippen LogP) is 3.97. The highest BCUT2D eigenvalue weighted by Gasteiger charge is 2.13. The van der Waals surface area contributed by atoms with Gasteiger partial charge in [-0.25, -0.2) is 0 Å². The van der Waals surface area contributed by atoms with Crippen LogP contribution in [0.2, 0.25) is 0 Å². The molecule has 1 heterocycles. The quantitative estimate of drug-likeness (QED) is 0.813. The molecule has 0 aliphatic heterocycles. The van der Waals surface area contributed by atoms with Crippen molar-refractivity contribution in [2.24, 2.45) is 7.05 Å². The van der Waals surface area contributed by atoms with Crippen LogP contribution >= 0.6 is 15.9 Å². The summed E-state index contributed by atoms with van der Waals surface area (Å²) in [6, 6.07) is 8.36. The minimum atomic E-state index is 0.493. The van der Waals surface area contributed by atoms with E-state index in [4.69, 9.17) is 0 Å². The fourth-order valence-electron chi connectivity index (χ4n) is 1.84. The molecule has 16 heavy (non-hydrogen) atoms. The molecule has 0 aliphatic carbocycles. The Hall–Kier alpha value is -1.09. The monoisotopic (exact) mass is 278 g/mol. The maximum Gasteiger partial charge on any atom is 0.0713 e. The molecule has 0 N–H and O–H groups in total. The molecule has 0 radical (unpaired) electrons. The normalized spacial score (nSPS) is 11.1. The van der Waals surface area contributed by atoms with Crippen LogP contribution in [-0.2, 0) is 7.05 Å². The van der Waals surface area contributed by atoms with Crippen LogP contribution in [0.4, 0.5) is 0 Å². The average molecular weight is 279 g/mol. The van der Waals surface area contributed by atoms with Crippen molar-refractivity contribution >= 4 is 15.9 Å². The number of hydrogen-bond acceptors (Lipinski definition) is 1. The van der Waals surface area contributed by atoms with Crippen molar-refractivity contribution in [2.75, 3.05) is 0 Å². The number of benzene rings is 1. The minimum Gasteiger partial charge on any atom is -0.268 e. The molecule has 2 rings (SSSR count). The first-order chi connectivity index (χ1) is 7.59. The Morgan fingerprint density at radius 1 is 1.19 bits per heavy atom. The summed E-state index contributed by atoms with van der Waals surface area (Å²) in [5, 5.41) is 4.34. The summed E-state index contributed by atoms with van der Waals surface area (Å²) >= 11 is 3.45. The Morgan fingerprint density at radius 2 is 1.81 bits per heavy atom. The van der Waals surface area contributed by atoms with Gasteiger partial charge < -0.3 is 0 Å². The first-order valence-electron chi connectivity index (χ1n) is 5.37. The zero-order valence-corrected chi connectivity index (χ0v) is 11.3. The van der Waals surface area contributed by atoms with E-state index in [1.165, 1.54) is 16.8 Å². The highest BCUT2D eigenvalue weighted by atomic mass is 79.9. The number of aryl methyl sites for hydroxylation is 1. The maximum absolute atomic E-state index is 4.34. The Kier molecular flexibility index (Phi) is 3.15. The summed E-state index contributed by atoms with van der Waals surface area (Å²) in [7, 11) is 1.99.